The summed E-state index contributed by atoms with van der Waals surface area (Å²) in [5.74, 6) is 1.29. The molecule has 188 valence electrons. The van der Waals surface area contributed by atoms with Gasteiger partial charge in [0.2, 0.25) is 0 Å². The second-order valence-corrected chi connectivity index (χ2v) is 10.4. The molecule has 1 aromatic carbocycles. The van der Waals surface area contributed by atoms with E-state index in [1.165, 1.54) is 0 Å². The normalized spacial score (nSPS) is 19.8. The highest BCUT2D eigenvalue weighted by molar-refractivity contribution is 5.90. The van der Waals surface area contributed by atoms with Gasteiger partial charge in [-0.1, -0.05) is 20.8 Å². The van der Waals surface area contributed by atoms with Crippen molar-refractivity contribution in [2.75, 3.05) is 33.5 Å². The monoisotopic (exact) mass is 483 g/mol. The van der Waals surface area contributed by atoms with Crippen LogP contribution in [-0.2, 0) is 9.47 Å². The summed E-state index contributed by atoms with van der Waals surface area (Å²) in [4.78, 5) is 26.2. The average Bonchev–Trinajstić information content (AvgIpc) is 3.65. The number of aromatic nitrogens is 1. The standard InChI is InChI=1S/C27H33NO7/c1-6-33-26(30)19-9-18-23(28(25(19)29)16-7-8-16)17-10-21(31-5)22(34-14-27(4)12-32-13-27)11-20(17)35-24(18)15(2)3/h9-11,15-16,24H,6-8,12-14H2,1-5H3. The quantitative estimate of drug-likeness (QED) is 0.510. The molecule has 0 amide bonds. The van der Waals surface area contributed by atoms with Crippen LogP contribution in [0.2, 0.25) is 0 Å². The number of carbonyl (C=O) groups is 1. The third-order valence-corrected chi connectivity index (χ3v) is 6.83. The molecule has 1 saturated heterocycles. The Morgan fingerprint density at radius 2 is 1.94 bits per heavy atom. The third kappa shape index (κ3) is 4.18. The van der Waals surface area contributed by atoms with Crippen LogP contribution in [0.5, 0.6) is 17.2 Å². The molecule has 1 unspecified atom stereocenters. The van der Waals surface area contributed by atoms with Gasteiger partial charge in [0.1, 0.15) is 17.4 Å². The lowest BCUT2D eigenvalue weighted by atomic mass is 9.89. The second-order valence-electron chi connectivity index (χ2n) is 10.4. The van der Waals surface area contributed by atoms with Crippen LogP contribution in [0, 0.1) is 11.3 Å². The average molecular weight is 484 g/mol. The first-order chi connectivity index (χ1) is 16.8. The summed E-state index contributed by atoms with van der Waals surface area (Å²) < 4.78 is 30.7. The maximum atomic E-state index is 13.6. The van der Waals surface area contributed by atoms with E-state index in [-0.39, 0.29) is 41.2 Å². The van der Waals surface area contributed by atoms with Crippen LogP contribution in [0.15, 0.2) is 23.0 Å². The van der Waals surface area contributed by atoms with Crippen LogP contribution >= 0.6 is 0 Å². The fraction of sp³-hybridized carbons (Fsp3) is 0.556. The predicted octanol–water partition coefficient (Wildman–Crippen LogP) is 4.54. The summed E-state index contributed by atoms with van der Waals surface area (Å²) in [6.45, 7) is 10.0. The maximum absolute atomic E-state index is 13.6. The number of hydrogen-bond acceptors (Lipinski definition) is 7. The molecule has 3 aliphatic rings. The lowest BCUT2D eigenvalue weighted by molar-refractivity contribution is -0.120. The summed E-state index contributed by atoms with van der Waals surface area (Å²) in [5.41, 5.74) is 2.07. The first-order valence-corrected chi connectivity index (χ1v) is 12.3. The van der Waals surface area contributed by atoms with Gasteiger partial charge in [-0.15, -0.1) is 0 Å². The third-order valence-electron chi connectivity index (χ3n) is 6.83. The van der Waals surface area contributed by atoms with Gasteiger partial charge in [-0.25, -0.2) is 4.79 Å². The van der Waals surface area contributed by atoms with E-state index in [4.69, 9.17) is 23.7 Å². The highest BCUT2D eigenvalue weighted by atomic mass is 16.5. The van der Waals surface area contributed by atoms with Crippen molar-refractivity contribution >= 4 is 5.97 Å². The van der Waals surface area contributed by atoms with Crippen molar-refractivity contribution in [3.05, 3.63) is 39.7 Å². The van der Waals surface area contributed by atoms with Crippen molar-refractivity contribution in [2.24, 2.45) is 11.3 Å². The van der Waals surface area contributed by atoms with Gasteiger partial charge in [0.15, 0.2) is 11.5 Å². The van der Waals surface area contributed by atoms with Crippen molar-refractivity contribution in [3.8, 4) is 28.5 Å². The van der Waals surface area contributed by atoms with Gasteiger partial charge in [-0.3, -0.25) is 4.79 Å². The van der Waals surface area contributed by atoms with E-state index >= 15 is 0 Å². The molecule has 3 heterocycles. The molecule has 2 aliphatic heterocycles. The topological polar surface area (TPSA) is 85.2 Å². The van der Waals surface area contributed by atoms with Gasteiger partial charge in [-0.2, -0.15) is 0 Å². The van der Waals surface area contributed by atoms with Gasteiger partial charge in [0.05, 0.1) is 39.2 Å². The molecule has 1 saturated carbocycles. The number of fused-ring (bicyclic) bond motifs is 3. The summed E-state index contributed by atoms with van der Waals surface area (Å²) >= 11 is 0. The summed E-state index contributed by atoms with van der Waals surface area (Å²) in [6, 6.07) is 5.44. The summed E-state index contributed by atoms with van der Waals surface area (Å²) in [6.07, 6.45) is 1.44. The number of methoxy groups -OCH3 is 1. The molecule has 1 aromatic heterocycles. The van der Waals surface area contributed by atoms with Crippen molar-refractivity contribution in [3.63, 3.8) is 0 Å². The highest BCUT2D eigenvalue weighted by Crippen LogP contribution is 2.51. The molecule has 35 heavy (non-hydrogen) atoms. The smallest absolute Gasteiger partial charge is 0.343 e. The first kappa shape index (κ1) is 23.7. The highest BCUT2D eigenvalue weighted by Gasteiger charge is 2.39. The molecule has 2 fully saturated rings. The van der Waals surface area contributed by atoms with Crippen molar-refractivity contribution in [2.45, 2.75) is 52.7 Å². The lowest BCUT2D eigenvalue weighted by Crippen LogP contribution is -2.44. The van der Waals surface area contributed by atoms with Crippen molar-refractivity contribution in [1.29, 1.82) is 0 Å². The van der Waals surface area contributed by atoms with Crippen molar-refractivity contribution < 1.29 is 28.5 Å². The lowest BCUT2D eigenvalue weighted by Gasteiger charge is -2.38. The molecule has 0 bridgehead atoms. The molecule has 0 radical (unpaired) electrons. The van der Waals surface area contributed by atoms with Gasteiger partial charge in [-0.05, 0) is 37.8 Å². The molecular weight excluding hydrogens is 450 g/mol. The number of rotatable bonds is 8. The Morgan fingerprint density at radius 3 is 2.51 bits per heavy atom. The Balaban J connectivity index is 1.67. The Labute approximate surface area is 205 Å². The zero-order valence-electron chi connectivity index (χ0n) is 21.0. The Bertz CT molecular complexity index is 1210. The van der Waals surface area contributed by atoms with Gasteiger partial charge >= 0.3 is 5.97 Å². The summed E-state index contributed by atoms with van der Waals surface area (Å²) in [5, 5.41) is 0. The molecule has 1 atom stereocenters. The largest absolute Gasteiger partial charge is 0.493 e. The molecule has 5 rings (SSSR count). The van der Waals surface area contributed by atoms with Crippen LogP contribution in [0.1, 0.15) is 68.6 Å². The number of nitrogens with zero attached hydrogens (tertiary/aromatic N) is 1. The van der Waals surface area contributed by atoms with Crippen LogP contribution in [0.4, 0.5) is 0 Å². The zero-order valence-corrected chi connectivity index (χ0v) is 21.0. The number of pyridine rings is 1. The molecular formula is C27H33NO7. The molecule has 1 aliphatic carbocycles. The molecule has 0 spiro atoms. The summed E-state index contributed by atoms with van der Waals surface area (Å²) in [7, 11) is 1.60. The van der Waals surface area contributed by atoms with E-state index in [0.29, 0.717) is 37.1 Å². The number of esters is 1. The van der Waals surface area contributed by atoms with Crippen LogP contribution < -0.4 is 19.8 Å². The molecule has 2 aromatic rings. The first-order valence-electron chi connectivity index (χ1n) is 12.3. The number of carbonyl (C=O) groups excluding carboxylic acids is 1. The fourth-order valence-corrected chi connectivity index (χ4v) is 4.77. The Hall–Kier alpha value is -3.00. The van der Waals surface area contributed by atoms with Crippen LogP contribution in [0.3, 0.4) is 0 Å². The van der Waals surface area contributed by atoms with E-state index in [9.17, 15) is 9.59 Å². The Kier molecular flexibility index (Phi) is 6.03. The minimum Gasteiger partial charge on any atom is -0.493 e. The molecule has 8 heteroatoms. The van der Waals surface area contributed by atoms with E-state index < -0.39 is 5.97 Å². The van der Waals surface area contributed by atoms with E-state index in [2.05, 4.69) is 20.8 Å². The second kappa shape index (κ2) is 8.90. The van der Waals surface area contributed by atoms with E-state index in [1.807, 2.05) is 12.1 Å². The Morgan fingerprint density at radius 1 is 1.20 bits per heavy atom. The van der Waals surface area contributed by atoms with Gasteiger partial charge < -0.3 is 28.3 Å². The van der Waals surface area contributed by atoms with Crippen molar-refractivity contribution in [1.82, 2.24) is 4.57 Å². The fourth-order valence-electron chi connectivity index (χ4n) is 4.77. The number of ether oxygens (including phenoxy) is 5. The van der Waals surface area contributed by atoms with E-state index in [0.717, 1.165) is 29.7 Å². The SMILES string of the molecule is CCOC(=O)c1cc2c(n(C3CC3)c1=O)-c1cc(OC)c(OCC3(C)COC3)cc1OC2C(C)C. The van der Waals surface area contributed by atoms with Crippen LogP contribution in [-0.4, -0.2) is 44.1 Å². The maximum Gasteiger partial charge on any atom is 0.343 e. The minimum absolute atomic E-state index is 0.0230. The number of hydrogen-bond donors (Lipinski definition) is 0. The number of benzene rings is 1. The van der Waals surface area contributed by atoms with E-state index in [1.54, 1.807) is 24.7 Å². The van der Waals surface area contributed by atoms with Gasteiger partial charge in [0, 0.05) is 28.7 Å². The molecule has 0 N–H and O–H groups in total. The molecule has 8 nitrogen and oxygen atoms in total. The van der Waals surface area contributed by atoms with Crippen LogP contribution in [0.25, 0.3) is 11.3 Å². The van der Waals surface area contributed by atoms with Gasteiger partial charge in [0.25, 0.3) is 5.56 Å². The predicted molar refractivity (Wildman–Crippen MR) is 130 cm³/mol. The minimum atomic E-state index is -0.599. The zero-order chi connectivity index (χ0) is 24.9.